The molecule has 0 radical (unpaired) electrons. The van der Waals surface area contributed by atoms with Gasteiger partial charge in [-0.05, 0) is 32.3 Å². The van der Waals surface area contributed by atoms with E-state index in [0.717, 1.165) is 0 Å². The molecule has 0 bridgehead atoms. The number of nitrogens with zero attached hydrogens (tertiary/aromatic N) is 1. The summed E-state index contributed by atoms with van der Waals surface area (Å²) in [6.45, 7) is 8.96. The number of hydrogen-bond donors (Lipinski definition) is 0. The second-order valence-electron chi connectivity index (χ2n) is 4.54. The van der Waals surface area contributed by atoms with E-state index in [1.165, 1.54) is 36.8 Å². The van der Waals surface area contributed by atoms with Crippen molar-refractivity contribution in [3.63, 3.8) is 0 Å². The Labute approximate surface area is 94.1 Å². The minimum Gasteiger partial charge on any atom is -0.203 e. The first-order valence-electron chi connectivity index (χ1n) is 6.21. The number of hydrogen-bond acceptors (Lipinski definition) is 0. The third kappa shape index (κ3) is 3.33. The van der Waals surface area contributed by atoms with Crippen LogP contribution in [0.2, 0.25) is 0 Å². The van der Waals surface area contributed by atoms with Crippen molar-refractivity contribution in [2.75, 3.05) is 0 Å². The van der Waals surface area contributed by atoms with E-state index in [-0.39, 0.29) is 0 Å². The van der Waals surface area contributed by atoms with Crippen molar-refractivity contribution in [2.24, 2.45) is 0 Å². The van der Waals surface area contributed by atoms with Gasteiger partial charge in [0, 0.05) is 11.6 Å². The van der Waals surface area contributed by atoms with Crippen LogP contribution >= 0.6 is 0 Å². The van der Waals surface area contributed by atoms with E-state index in [1.54, 1.807) is 0 Å². The maximum atomic E-state index is 2.33. The molecule has 1 aromatic rings. The van der Waals surface area contributed by atoms with Crippen LogP contribution in [0, 0.1) is 0 Å². The summed E-state index contributed by atoms with van der Waals surface area (Å²) in [6, 6.07) is 2.87. The summed E-state index contributed by atoms with van der Waals surface area (Å²) in [5, 5.41) is 0. The SMILES string of the molecule is CCCc1cc[n+](C(C)C)cc1CCC. The van der Waals surface area contributed by atoms with Crippen LogP contribution in [-0.2, 0) is 12.8 Å². The summed E-state index contributed by atoms with van der Waals surface area (Å²) in [6.07, 6.45) is 9.45. The van der Waals surface area contributed by atoms with E-state index in [4.69, 9.17) is 0 Å². The zero-order valence-electron chi connectivity index (χ0n) is 10.6. The molecule has 15 heavy (non-hydrogen) atoms. The van der Waals surface area contributed by atoms with Crippen molar-refractivity contribution in [3.8, 4) is 0 Å². The van der Waals surface area contributed by atoms with E-state index >= 15 is 0 Å². The summed E-state index contributed by atoms with van der Waals surface area (Å²) in [5.74, 6) is 0. The van der Waals surface area contributed by atoms with Gasteiger partial charge in [0.2, 0.25) is 0 Å². The fourth-order valence-electron chi connectivity index (χ4n) is 1.92. The van der Waals surface area contributed by atoms with Gasteiger partial charge in [-0.25, -0.2) is 4.57 Å². The molecule has 0 amide bonds. The van der Waals surface area contributed by atoms with Gasteiger partial charge in [-0.3, -0.25) is 0 Å². The van der Waals surface area contributed by atoms with E-state index in [9.17, 15) is 0 Å². The first-order chi connectivity index (χ1) is 7.19. The van der Waals surface area contributed by atoms with Gasteiger partial charge >= 0.3 is 0 Å². The minimum atomic E-state index is 0.566. The molecule has 0 spiro atoms. The largest absolute Gasteiger partial charge is 0.203 e. The minimum absolute atomic E-state index is 0.566. The average Bonchev–Trinajstić information content (AvgIpc) is 2.21. The monoisotopic (exact) mass is 206 g/mol. The Morgan fingerprint density at radius 3 is 2.20 bits per heavy atom. The fourth-order valence-corrected chi connectivity index (χ4v) is 1.92. The standard InChI is InChI=1S/C14H24N/c1-5-7-13-9-10-15(12(3)4)11-14(13)8-6-2/h9-12H,5-8H2,1-4H3/q+1. The summed E-state index contributed by atoms with van der Waals surface area (Å²) in [5.41, 5.74) is 3.08. The molecule has 1 heteroatoms. The maximum Gasteiger partial charge on any atom is 0.172 e. The van der Waals surface area contributed by atoms with Crippen molar-refractivity contribution < 1.29 is 4.57 Å². The molecule has 0 unspecified atom stereocenters. The number of rotatable bonds is 5. The first-order valence-corrected chi connectivity index (χ1v) is 6.21. The second-order valence-corrected chi connectivity index (χ2v) is 4.54. The van der Waals surface area contributed by atoms with Gasteiger partial charge in [0.1, 0.15) is 0 Å². The van der Waals surface area contributed by atoms with Gasteiger partial charge in [0.25, 0.3) is 0 Å². The summed E-state index contributed by atoms with van der Waals surface area (Å²) >= 11 is 0. The van der Waals surface area contributed by atoms with E-state index in [2.05, 4.69) is 50.7 Å². The van der Waals surface area contributed by atoms with Crippen LogP contribution < -0.4 is 4.57 Å². The fraction of sp³-hybridized carbons (Fsp3) is 0.643. The summed E-state index contributed by atoms with van der Waals surface area (Å²) in [4.78, 5) is 0. The Hall–Kier alpha value is -0.850. The first kappa shape index (κ1) is 12.2. The molecular weight excluding hydrogens is 182 g/mol. The lowest BCUT2D eigenvalue weighted by Crippen LogP contribution is -2.36. The Bertz CT molecular complexity index is 302. The number of aryl methyl sites for hydroxylation is 2. The molecule has 0 aromatic carbocycles. The van der Waals surface area contributed by atoms with Crippen molar-refractivity contribution in [1.29, 1.82) is 0 Å². The lowest BCUT2D eigenvalue weighted by Gasteiger charge is -2.08. The third-order valence-corrected chi connectivity index (χ3v) is 2.80. The van der Waals surface area contributed by atoms with E-state index in [0.29, 0.717) is 6.04 Å². The molecule has 0 saturated carbocycles. The quantitative estimate of drug-likeness (QED) is 0.650. The zero-order chi connectivity index (χ0) is 11.3. The van der Waals surface area contributed by atoms with Crippen molar-refractivity contribution in [1.82, 2.24) is 0 Å². The predicted molar refractivity (Wildman–Crippen MR) is 65.0 cm³/mol. The Morgan fingerprint density at radius 1 is 1.07 bits per heavy atom. The van der Waals surface area contributed by atoms with E-state index < -0.39 is 0 Å². The molecule has 0 aliphatic heterocycles. The predicted octanol–water partition coefficient (Wildman–Crippen LogP) is 3.46. The zero-order valence-corrected chi connectivity index (χ0v) is 10.6. The third-order valence-electron chi connectivity index (χ3n) is 2.80. The highest BCUT2D eigenvalue weighted by Crippen LogP contribution is 2.11. The molecule has 0 aliphatic carbocycles. The van der Waals surface area contributed by atoms with Gasteiger partial charge in [0.15, 0.2) is 18.4 Å². The molecule has 0 fully saturated rings. The second kappa shape index (κ2) is 5.89. The Morgan fingerprint density at radius 2 is 1.67 bits per heavy atom. The molecule has 0 atom stereocenters. The smallest absolute Gasteiger partial charge is 0.172 e. The Balaban J connectivity index is 2.97. The van der Waals surface area contributed by atoms with Crippen LogP contribution in [-0.4, -0.2) is 0 Å². The van der Waals surface area contributed by atoms with Gasteiger partial charge in [-0.15, -0.1) is 0 Å². The molecule has 1 rings (SSSR count). The molecule has 84 valence electrons. The summed E-state index contributed by atoms with van der Waals surface area (Å²) in [7, 11) is 0. The van der Waals surface area contributed by atoms with Gasteiger partial charge in [-0.2, -0.15) is 0 Å². The molecular formula is C14H24N+. The number of pyridine rings is 1. The Kier molecular flexibility index (Phi) is 4.80. The molecule has 1 aromatic heterocycles. The van der Waals surface area contributed by atoms with Crippen molar-refractivity contribution in [3.05, 3.63) is 29.6 Å². The average molecular weight is 206 g/mol. The van der Waals surface area contributed by atoms with Gasteiger partial charge in [0.05, 0.1) is 0 Å². The molecule has 1 heterocycles. The lowest BCUT2D eigenvalue weighted by molar-refractivity contribution is -0.716. The van der Waals surface area contributed by atoms with Gasteiger partial charge < -0.3 is 0 Å². The summed E-state index contributed by atoms with van der Waals surface area (Å²) < 4.78 is 2.31. The van der Waals surface area contributed by atoms with Crippen LogP contribution in [0.1, 0.15) is 57.7 Å². The maximum absolute atomic E-state index is 2.33. The van der Waals surface area contributed by atoms with Gasteiger partial charge in [-0.1, -0.05) is 26.7 Å². The van der Waals surface area contributed by atoms with Crippen molar-refractivity contribution in [2.45, 2.75) is 59.4 Å². The number of aromatic nitrogens is 1. The van der Waals surface area contributed by atoms with Crippen molar-refractivity contribution >= 4 is 0 Å². The van der Waals surface area contributed by atoms with Crippen LogP contribution in [0.15, 0.2) is 18.5 Å². The molecule has 1 nitrogen and oxygen atoms in total. The van der Waals surface area contributed by atoms with Crippen LogP contribution in [0.5, 0.6) is 0 Å². The molecule has 0 saturated heterocycles. The van der Waals surface area contributed by atoms with Crippen LogP contribution in [0.4, 0.5) is 0 Å². The molecule has 0 N–H and O–H groups in total. The highest BCUT2D eigenvalue weighted by atomic mass is 15.0. The highest BCUT2D eigenvalue weighted by molar-refractivity contribution is 5.21. The van der Waals surface area contributed by atoms with Crippen LogP contribution in [0.25, 0.3) is 0 Å². The van der Waals surface area contributed by atoms with E-state index in [1.807, 2.05) is 0 Å². The normalized spacial score (nSPS) is 11.0. The topological polar surface area (TPSA) is 3.88 Å². The highest BCUT2D eigenvalue weighted by Gasteiger charge is 2.10. The lowest BCUT2D eigenvalue weighted by atomic mass is 10.0. The molecule has 0 aliphatic rings. The van der Waals surface area contributed by atoms with Crippen LogP contribution in [0.3, 0.4) is 0 Å².